The van der Waals surface area contributed by atoms with Gasteiger partial charge in [-0.05, 0) is 54.4 Å². The molecule has 1 heterocycles. The standard InChI is InChI=1S/C23H19N3O3S/c24-15-17-11-12-22-19(13-17)14-20(25-30(28,29)21-9-5-2-6-10-21)16-26(22)23(27)18-7-3-1-4-8-18/h1-13,20,25H,14,16H2/t20-/m0/s1. The summed E-state index contributed by atoms with van der Waals surface area (Å²) < 4.78 is 28.4. The molecule has 0 aromatic heterocycles. The van der Waals surface area contributed by atoms with Crippen LogP contribution >= 0.6 is 0 Å². The zero-order valence-corrected chi connectivity index (χ0v) is 16.8. The molecule has 0 spiro atoms. The Labute approximate surface area is 175 Å². The van der Waals surface area contributed by atoms with Gasteiger partial charge in [-0.25, -0.2) is 13.1 Å². The van der Waals surface area contributed by atoms with Crippen molar-refractivity contribution in [2.24, 2.45) is 0 Å². The van der Waals surface area contributed by atoms with Crippen LogP contribution in [-0.2, 0) is 16.4 Å². The molecule has 1 aliphatic heterocycles. The van der Waals surface area contributed by atoms with Gasteiger partial charge in [0.05, 0.1) is 16.5 Å². The normalized spacial score (nSPS) is 15.8. The summed E-state index contributed by atoms with van der Waals surface area (Å²) in [4.78, 5) is 14.9. The molecule has 0 fully saturated rings. The van der Waals surface area contributed by atoms with Gasteiger partial charge in [-0.15, -0.1) is 0 Å². The van der Waals surface area contributed by atoms with E-state index >= 15 is 0 Å². The minimum Gasteiger partial charge on any atom is -0.306 e. The zero-order valence-electron chi connectivity index (χ0n) is 16.0. The SMILES string of the molecule is N#Cc1ccc2c(c1)C[C@H](NS(=O)(=O)c1ccccc1)CN2C(=O)c1ccccc1. The highest BCUT2D eigenvalue weighted by atomic mass is 32.2. The first-order valence-corrected chi connectivity index (χ1v) is 10.9. The smallest absolute Gasteiger partial charge is 0.258 e. The second-order valence-corrected chi connectivity index (χ2v) is 8.79. The molecule has 3 aromatic carbocycles. The van der Waals surface area contributed by atoms with Gasteiger partial charge >= 0.3 is 0 Å². The Hall–Kier alpha value is -3.47. The quantitative estimate of drug-likeness (QED) is 0.706. The Morgan fingerprint density at radius 2 is 1.67 bits per heavy atom. The molecule has 30 heavy (non-hydrogen) atoms. The van der Waals surface area contributed by atoms with Crippen LogP contribution in [0.2, 0.25) is 0 Å². The Morgan fingerprint density at radius 3 is 2.33 bits per heavy atom. The van der Waals surface area contributed by atoms with E-state index in [4.69, 9.17) is 0 Å². The number of carbonyl (C=O) groups is 1. The van der Waals surface area contributed by atoms with Crippen molar-refractivity contribution in [3.05, 3.63) is 95.6 Å². The van der Waals surface area contributed by atoms with E-state index in [1.807, 2.05) is 6.07 Å². The predicted octanol–water partition coefficient (Wildman–Crippen LogP) is 3.11. The highest BCUT2D eigenvalue weighted by Crippen LogP contribution is 2.30. The van der Waals surface area contributed by atoms with Crippen LogP contribution in [0.4, 0.5) is 5.69 Å². The number of nitriles is 1. The number of benzene rings is 3. The summed E-state index contributed by atoms with van der Waals surface area (Å²) in [6.45, 7) is 0.193. The summed E-state index contributed by atoms with van der Waals surface area (Å²) in [7, 11) is -3.74. The van der Waals surface area contributed by atoms with Gasteiger partial charge in [0.15, 0.2) is 0 Å². The van der Waals surface area contributed by atoms with E-state index in [0.717, 1.165) is 5.56 Å². The van der Waals surface area contributed by atoms with Gasteiger partial charge in [0, 0.05) is 23.8 Å². The number of anilines is 1. The monoisotopic (exact) mass is 417 g/mol. The number of rotatable bonds is 4. The maximum Gasteiger partial charge on any atom is 0.258 e. The van der Waals surface area contributed by atoms with Crippen LogP contribution in [-0.4, -0.2) is 26.9 Å². The van der Waals surface area contributed by atoms with Crippen LogP contribution < -0.4 is 9.62 Å². The number of hydrogen-bond donors (Lipinski definition) is 1. The molecule has 150 valence electrons. The number of carbonyl (C=O) groups excluding carboxylic acids is 1. The van der Waals surface area contributed by atoms with Crippen molar-refractivity contribution in [2.75, 3.05) is 11.4 Å². The molecule has 0 unspecified atom stereocenters. The molecule has 0 saturated heterocycles. The van der Waals surface area contributed by atoms with E-state index in [-0.39, 0.29) is 17.3 Å². The second-order valence-electron chi connectivity index (χ2n) is 7.07. The van der Waals surface area contributed by atoms with Gasteiger partial charge in [-0.3, -0.25) is 4.79 Å². The molecule has 0 bridgehead atoms. The Balaban J connectivity index is 1.69. The third kappa shape index (κ3) is 3.96. The fourth-order valence-electron chi connectivity index (χ4n) is 3.63. The third-order valence-corrected chi connectivity index (χ3v) is 6.55. The summed E-state index contributed by atoms with van der Waals surface area (Å²) in [5, 5.41) is 9.25. The summed E-state index contributed by atoms with van der Waals surface area (Å²) in [5.41, 5.74) is 2.43. The summed E-state index contributed by atoms with van der Waals surface area (Å²) >= 11 is 0. The first kappa shape index (κ1) is 19.8. The summed E-state index contributed by atoms with van der Waals surface area (Å²) in [5.74, 6) is -0.217. The van der Waals surface area contributed by atoms with Crippen LogP contribution in [0.5, 0.6) is 0 Å². The van der Waals surface area contributed by atoms with Crippen LogP contribution in [0.1, 0.15) is 21.5 Å². The van der Waals surface area contributed by atoms with Crippen molar-refractivity contribution in [1.82, 2.24) is 4.72 Å². The number of nitrogens with one attached hydrogen (secondary N) is 1. The lowest BCUT2D eigenvalue weighted by Crippen LogP contribution is -2.50. The molecule has 1 aliphatic rings. The molecule has 0 radical (unpaired) electrons. The average molecular weight is 417 g/mol. The first-order valence-electron chi connectivity index (χ1n) is 9.45. The van der Waals surface area contributed by atoms with Crippen molar-refractivity contribution in [3.8, 4) is 6.07 Å². The molecule has 0 aliphatic carbocycles. The number of fused-ring (bicyclic) bond motifs is 1. The highest BCUT2D eigenvalue weighted by Gasteiger charge is 2.32. The molecular formula is C23H19N3O3S. The van der Waals surface area contributed by atoms with E-state index < -0.39 is 16.1 Å². The largest absolute Gasteiger partial charge is 0.306 e. The van der Waals surface area contributed by atoms with Crippen LogP contribution in [0.3, 0.4) is 0 Å². The van der Waals surface area contributed by atoms with Gasteiger partial charge < -0.3 is 4.90 Å². The fourth-order valence-corrected chi connectivity index (χ4v) is 4.87. The van der Waals surface area contributed by atoms with E-state index in [0.29, 0.717) is 23.2 Å². The van der Waals surface area contributed by atoms with Crippen molar-refractivity contribution < 1.29 is 13.2 Å². The molecule has 3 aromatic rings. The lowest BCUT2D eigenvalue weighted by Gasteiger charge is -2.35. The molecular weight excluding hydrogens is 398 g/mol. The summed E-state index contributed by atoms with van der Waals surface area (Å²) in [6.07, 6.45) is 0.384. The number of sulfonamides is 1. The van der Waals surface area contributed by atoms with E-state index in [9.17, 15) is 18.5 Å². The fraction of sp³-hybridized carbons (Fsp3) is 0.130. The molecule has 6 nitrogen and oxygen atoms in total. The van der Waals surface area contributed by atoms with Crippen molar-refractivity contribution in [2.45, 2.75) is 17.4 Å². The molecule has 7 heteroatoms. The maximum absolute atomic E-state index is 13.2. The molecule has 0 saturated carbocycles. The Kier molecular flexibility index (Phi) is 5.36. The molecule has 4 rings (SSSR count). The van der Waals surface area contributed by atoms with Gasteiger partial charge in [-0.1, -0.05) is 36.4 Å². The topological polar surface area (TPSA) is 90.3 Å². The maximum atomic E-state index is 13.2. The minimum atomic E-state index is -3.74. The van der Waals surface area contributed by atoms with Crippen LogP contribution in [0, 0.1) is 11.3 Å². The van der Waals surface area contributed by atoms with Crippen molar-refractivity contribution in [3.63, 3.8) is 0 Å². The molecule has 1 atom stereocenters. The average Bonchev–Trinajstić information content (AvgIpc) is 2.78. The molecule has 1 N–H and O–H groups in total. The van der Waals surface area contributed by atoms with Crippen LogP contribution in [0.15, 0.2) is 83.8 Å². The van der Waals surface area contributed by atoms with Crippen molar-refractivity contribution >= 4 is 21.6 Å². The predicted molar refractivity (Wildman–Crippen MR) is 114 cm³/mol. The second kappa shape index (κ2) is 8.11. The first-order chi connectivity index (χ1) is 14.5. The van der Waals surface area contributed by atoms with Gasteiger partial charge in [0.25, 0.3) is 5.91 Å². The van der Waals surface area contributed by atoms with Gasteiger partial charge in [-0.2, -0.15) is 5.26 Å². The van der Waals surface area contributed by atoms with Gasteiger partial charge in [0.2, 0.25) is 10.0 Å². The lowest BCUT2D eigenvalue weighted by atomic mass is 9.96. The van der Waals surface area contributed by atoms with E-state index in [1.54, 1.807) is 65.6 Å². The molecule has 1 amide bonds. The lowest BCUT2D eigenvalue weighted by molar-refractivity contribution is 0.0982. The Bertz CT molecular complexity index is 1220. The number of amides is 1. The Morgan fingerprint density at radius 1 is 1.00 bits per heavy atom. The number of nitrogens with zero attached hydrogens (tertiary/aromatic N) is 2. The van der Waals surface area contributed by atoms with Crippen LogP contribution in [0.25, 0.3) is 0 Å². The summed E-state index contributed by atoms with van der Waals surface area (Å²) in [6, 6.07) is 23.7. The van der Waals surface area contributed by atoms with Crippen molar-refractivity contribution in [1.29, 1.82) is 5.26 Å². The third-order valence-electron chi connectivity index (χ3n) is 5.01. The van der Waals surface area contributed by atoms with E-state index in [1.165, 1.54) is 12.1 Å². The van der Waals surface area contributed by atoms with E-state index in [2.05, 4.69) is 10.8 Å². The highest BCUT2D eigenvalue weighted by molar-refractivity contribution is 7.89. The minimum absolute atomic E-state index is 0.169. The number of hydrogen-bond acceptors (Lipinski definition) is 4. The zero-order chi connectivity index (χ0) is 21.1. The van der Waals surface area contributed by atoms with Gasteiger partial charge in [0.1, 0.15) is 0 Å².